The third-order valence-electron chi connectivity index (χ3n) is 5.26. The van der Waals surface area contributed by atoms with Crippen LogP contribution < -0.4 is 5.14 Å². The van der Waals surface area contributed by atoms with E-state index in [4.69, 9.17) is 10.4 Å². The molecular weight excluding hydrogens is 344 g/mol. The maximum absolute atomic E-state index is 11.5. The molecule has 0 aromatic heterocycles. The predicted octanol–water partition coefficient (Wildman–Crippen LogP) is 3.86. The van der Waals surface area contributed by atoms with Gasteiger partial charge in [-0.15, -0.1) is 0 Å². The fraction of sp³-hybridized carbons (Fsp3) is 0.190. The molecule has 2 N–H and O–H groups in total. The van der Waals surface area contributed by atoms with E-state index in [0.29, 0.717) is 5.56 Å². The molecule has 0 bridgehead atoms. The number of allylic oxidation sites excluding steroid dienone is 4. The second-order valence-electron chi connectivity index (χ2n) is 6.96. The maximum Gasteiger partial charge on any atom is 0.238 e. The lowest BCUT2D eigenvalue weighted by atomic mass is 9.70. The largest absolute Gasteiger partial charge is 0.238 e. The van der Waals surface area contributed by atoms with Gasteiger partial charge in [0.15, 0.2) is 0 Å². The minimum Gasteiger partial charge on any atom is -0.225 e. The van der Waals surface area contributed by atoms with Gasteiger partial charge < -0.3 is 0 Å². The predicted molar refractivity (Wildman–Crippen MR) is 101 cm³/mol. The molecule has 0 amide bonds. The van der Waals surface area contributed by atoms with Crippen LogP contribution in [0.15, 0.2) is 65.6 Å². The van der Waals surface area contributed by atoms with E-state index >= 15 is 0 Å². The van der Waals surface area contributed by atoms with Crippen molar-refractivity contribution in [1.29, 1.82) is 5.26 Å². The molecule has 0 radical (unpaired) electrons. The third-order valence-corrected chi connectivity index (χ3v) is 6.19. The van der Waals surface area contributed by atoms with Crippen LogP contribution in [0, 0.1) is 16.7 Å². The lowest BCUT2D eigenvalue weighted by Crippen LogP contribution is -2.22. The molecule has 26 heavy (non-hydrogen) atoms. The number of benzene rings is 2. The minimum atomic E-state index is -3.70. The molecule has 4 rings (SSSR count). The molecule has 2 aliphatic rings. The van der Waals surface area contributed by atoms with Gasteiger partial charge in [-0.25, -0.2) is 13.6 Å². The number of nitrogens with two attached hydrogens (primary N) is 1. The molecule has 2 aromatic rings. The summed E-state index contributed by atoms with van der Waals surface area (Å²) >= 11 is 0. The van der Waals surface area contributed by atoms with Crippen molar-refractivity contribution in [1.82, 2.24) is 0 Å². The Hall–Kier alpha value is -2.68. The number of rotatable bonds is 3. The number of primary sulfonamides is 1. The van der Waals surface area contributed by atoms with Crippen molar-refractivity contribution < 1.29 is 8.42 Å². The molecule has 4 nitrogen and oxygen atoms in total. The Kier molecular flexibility index (Phi) is 3.83. The highest BCUT2D eigenvalue weighted by atomic mass is 32.2. The van der Waals surface area contributed by atoms with Gasteiger partial charge in [0.1, 0.15) is 0 Å². The van der Waals surface area contributed by atoms with Crippen molar-refractivity contribution in [2.45, 2.75) is 24.2 Å². The molecular formula is C21H18N2O2S. The first kappa shape index (κ1) is 16.8. The van der Waals surface area contributed by atoms with E-state index in [2.05, 4.69) is 18.2 Å². The van der Waals surface area contributed by atoms with Gasteiger partial charge in [0.25, 0.3) is 0 Å². The first-order valence-corrected chi connectivity index (χ1v) is 10.0. The Morgan fingerprint density at radius 2 is 1.38 bits per heavy atom. The van der Waals surface area contributed by atoms with Crippen molar-refractivity contribution in [2.75, 3.05) is 0 Å². The summed E-state index contributed by atoms with van der Waals surface area (Å²) < 4.78 is 23.0. The van der Waals surface area contributed by atoms with Crippen LogP contribution in [-0.2, 0) is 10.0 Å². The van der Waals surface area contributed by atoms with Crippen LogP contribution in [0.4, 0.5) is 0 Å². The lowest BCUT2D eigenvalue weighted by molar-refractivity contribution is 0.282. The summed E-state index contributed by atoms with van der Waals surface area (Å²) in [6.45, 7) is 0. The molecule has 5 heteroatoms. The number of hydrogen-bond acceptors (Lipinski definition) is 3. The second kappa shape index (κ2) is 5.94. The zero-order valence-electron chi connectivity index (χ0n) is 14.1. The van der Waals surface area contributed by atoms with Gasteiger partial charge >= 0.3 is 0 Å². The van der Waals surface area contributed by atoms with Gasteiger partial charge in [-0.2, -0.15) is 5.26 Å². The SMILES string of the molecule is N#Cc1ccc(C2=CC3(C=C2c2ccc(S(N)(=O)=O)cc2)CCC3)cc1. The topological polar surface area (TPSA) is 83.9 Å². The zero-order valence-corrected chi connectivity index (χ0v) is 15.0. The van der Waals surface area contributed by atoms with E-state index in [1.54, 1.807) is 24.3 Å². The number of hydrogen-bond donors (Lipinski definition) is 1. The second-order valence-corrected chi connectivity index (χ2v) is 8.52. The average Bonchev–Trinajstić information content (AvgIpc) is 3.03. The molecule has 130 valence electrons. The van der Waals surface area contributed by atoms with Crippen LogP contribution in [0.25, 0.3) is 11.1 Å². The molecule has 0 atom stereocenters. The van der Waals surface area contributed by atoms with Crippen molar-refractivity contribution >= 4 is 21.2 Å². The van der Waals surface area contributed by atoms with Gasteiger partial charge in [0.2, 0.25) is 10.0 Å². The Balaban J connectivity index is 1.76. The van der Waals surface area contributed by atoms with Gasteiger partial charge in [0, 0.05) is 5.41 Å². The Bertz CT molecular complexity index is 1070. The molecule has 0 aliphatic heterocycles. The highest BCUT2D eigenvalue weighted by Crippen LogP contribution is 2.53. The number of nitrogens with zero attached hydrogens (tertiary/aromatic N) is 1. The quantitative estimate of drug-likeness (QED) is 0.900. The van der Waals surface area contributed by atoms with Gasteiger partial charge in [-0.3, -0.25) is 0 Å². The van der Waals surface area contributed by atoms with Crippen molar-refractivity contribution in [2.24, 2.45) is 10.6 Å². The highest BCUT2D eigenvalue weighted by molar-refractivity contribution is 7.89. The summed E-state index contributed by atoms with van der Waals surface area (Å²) in [4.78, 5) is 0.113. The fourth-order valence-electron chi connectivity index (χ4n) is 3.67. The first-order valence-electron chi connectivity index (χ1n) is 8.50. The maximum atomic E-state index is 11.5. The third kappa shape index (κ3) is 2.88. The van der Waals surface area contributed by atoms with Crippen LogP contribution in [-0.4, -0.2) is 8.42 Å². The molecule has 1 fully saturated rings. The van der Waals surface area contributed by atoms with Gasteiger partial charge in [-0.1, -0.05) is 42.8 Å². The molecule has 0 heterocycles. The standard InChI is InChI=1S/C21H18N2O2S/c22-14-15-2-4-16(5-3-15)19-12-21(10-1-11-21)13-20(19)17-6-8-18(9-7-17)26(23,24)25/h2-9,12-13H,1,10-11H2,(H2,23,24,25). The Morgan fingerprint density at radius 1 is 0.885 bits per heavy atom. The van der Waals surface area contributed by atoms with Gasteiger partial charge in [-0.05, 0) is 59.4 Å². The monoisotopic (exact) mass is 362 g/mol. The van der Waals surface area contributed by atoms with Crippen LogP contribution in [0.3, 0.4) is 0 Å². The van der Waals surface area contributed by atoms with Crippen molar-refractivity contribution in [3.05, 3.63) is 77.4 Å². The highest BCUT2D eigenvalue weighted by Gasteiger charge is 2.38. The normalized spacial score (nSPS) is 18.0. The van der Waals surface area contributed by atoms with E-state index in [0.717, 1.165) is 35.1 Å². The minimum absolute atomic E-state index is 0.108. The van der Waals surface area contributed by atoms with E-state index in [9.17, 15) is 8.42 Å². The van der Waals surface area contributed by atoms with Crippen LogP contribution in [0.1, 0.15) is 36.0 Å². The summed E-state index contributed by atoms with van der Waals surface area (Å²) in [6, 6.07) is 16.4. The first-order chi connectivity index (χ1) is 12.4. The molecule has 0 unspecified atom stereocenters. The van der Waals surface area contributed by atoms with Gasteiger partial charge in [0.05, 0.1) is 16.5 Å². The molecule has 1 saturated carbocycles. The molecule has 0 saturated heterocycles. The van der Waals surface area contributed by atoms with E-state index in [1.807, 2.05) is 24.3 Å². The molecule has 2 aromatic carbocycles. The van der Waals surface area contributed by atoms with E-state index in [1.165, 1.54) is 6.42 Å². The molecule has 2 aliphatic carbocycles. The summed E-state index contributed by atoms with van der Waals surface area (Å²) in [7, 11) is -3.70. The summed E-state index contributed by atoms with van der Waals surface area (Å²) in [5.74, 6) is 0. The number of nitriles is 1. The summed E-state index contributed by atoms with van der Waals surface area (Å²) in [6.07, 6.45) is 8.10. The van der Waals surface area contributed by atoms with Crippen molar-refractivity contribution in [3.8, 4) is 6.07 Å². The summed E-state index contributed by atoms with van der Waals surface area (Å²) in [5, 5.41) is 14.2. The zero-order chi connectivity index (χ0) is 18.4. The molecule has 1 spiro atoms. The van der Waals surface area contributed by atoms with E-state index in [-0.39, 0.29) is 10.3 Å². The smallest absolute Gasteiger partial charge is 0.225 e. The van der Waals surface area contributed by atoms with Crippen LogP contribution >= 0.6 is 0 Å². The Morgan fingerprint density at radius 3 is 1.77 bits per heavy atom. The summed E-state index contributed by atoms with van der Waals surface area (Å²) in [5.41, 5.74) is 5.02. The lowest BCUT2D eigenvalue weighted by Gasteiger charge is -2.34. The van der Waals surface area contributed by atoms with Crippen LogP contribution in [0.2, 0.25) is 0 Å². The average molecular weight is 362 g/mol. The van der Waals surface area contributed by atoms with Crippen LogP contribution in [0.5, 0.6) is 0 Å². The number of sulfonamides is 1. The van der Waals surface area contributed by atoms with E-state index < -0.39 is 10.0 Å². The Labute approximate surface area is 153 Å². The fourth-order valence-corrected chi connectivity index (χ4v) is 4.19. The van der Waals surface area contributed by atoms with Crippen molar-refractivity contribution in [3.63, 3.8) is 0 Å².